The van der Waals surface area contributed by atoms with Gasteiger partial charge in [-0.1, -0.05) is 18.5 Å². The van der Waals surface area contributed by atoms with Crippen molar-refractivity contribution in [3.8, 4) is 0 Å². The minimum Gasteiger partial charge on any atom is -0.337 e. The van der Waals surface area contributed by atoms with Gasteiger partial charge in [0, 0.05) is 18.1 Å². The number of aromatic nitrogens is 2. The molecule has 0 bridgehead atoms. The van der Waals surface area contributed by atoms with Crippen molar-refractivity contribution >= 4 is 23.1 Å². The molecular formula is C14H14ClF2N3. The first-order chi connectivity index (χ1) is 9.42. The molecule has 0 amide bonds. The zero-order chi connectivity index (χ0) is 14.9. The lowest BCUT2D eigenvalue weighted by molar-refractivity contribution is 0.595. The lowest BCUT2D eigenvalue weighted by Gasteiger charge is -2.12. The first kappa shape index (κ1) is 14.7. The third-order valence-corrected chi connectivity index (χ3v) is 3.32. The maximum absolute atomic E-state index is 13.8. The van der Waals surface area contributed by atoms with Gasteiger partial charge in [0.25, 0.3) is 0 Å². The average Bonchev–Trinajstić information content (AvgIpc) is 2.40. The van der Waals surface area contributed by atoms with Crippen LogP contribution in [0.4, 0.5) is 20.3 Å². The Morgan fingerprint density at radius 3 is 2.50 bits per heavy atom. The molecule has 0 spiro atoms. The van der Waals surface area contributed by atoms with Crippen LogP contribution in [0.1, 0.15) is 23.9 Å². The second kappa shape index (κ2) is 5.71. The molecule has 1 N–H and O–H groups in total. The van der Waals surface area contributed by atoms with Crippen LogP contribution in [0.15, 0.2) is 12.1 Å². The molecular weight excluding hydrogens is 284 g/mol. The van der Waals surface area contributed by atoms with Gasteiger partial charge in [0.2, 0.25) is 0 Å². The predicted molar refractivity (Wildman–Crippen MR) is 75.5 cm³/mol. The van der Waals surface area contributed by atoms with Crippen LogP contribution in [-0.2, 0) is 6.42 Å². The van der Waals surface area contributed by atoms with Crippen molar-refractivity contribution in [2.45, 2.75) is 27.2 Å². The summed E-state index contributed by atoms with van der Waals surface area (Å²) >= 11 is 6.00. The molecule has 0 aliphatic rings. The van der Waals surface area contributed by atoms with Crippen molar-refractivity contribution < 1.29 is 8.78 Å². The third kappa shape index (κ3) is 2.88. The summed E-state index contributed by atoms with van der Waals surface area (Å²) in [6.45, 7) is 5.10. The van der Waals surface area contributed by atoms with Gasteiger partial charge in [-0.25, -0.2) is 18.7 Å². The van der Waals surface area contributed by atoms with Crippen molar-refractivity contribution in [2.75, 3.05) is 5.32 Å². The van der Waals surface area contributed by atoms with E-state index in [0.717, 1.165) is 12.1 Å². The first-order valence-electron chi connectivity index (χ1n) is 6.18. The van der Waals surface area contributed by atoms with Crippen LogP contribution in [-0.4, -0.2) is 9.97 Å². The Kier molecular flexibility index (Phi) is 4.18. The van der Waals surface area contributed by atoms with Gasteiger partial charge in [0.15, 0.2) is 0 Å². The maximum Gasteiger partial charge on any atom is 0.147 e. The number of hydrogen-bond acceptors (Lipinski definition) is 3. The molecule has 1 aromatic carbocycles. The van der Waals surface area contributed by atoms with Crippen LogP contribution in [0.25, 0.3) is 0 Å². The molecule has 20 heavy (non-hydrogen) atoms. The Bertz CT molecular complexity index is 659. The van der Waals surface area contributed by atoms with Crippen molar-refractivity contribution in [3.63, 3.8) is 0 Å². The van der Waals surface area contributed by atoms with E-state index in [1.165, 1.54) is 6.92 Å². The highest BCUT2D eigenvalue weighted by molar-refractivity contribution is 6.30. The number of nitrogens with one attached hydrogen (secondary N) is 1. The topological polar surface area (TPSA) is 37.8 Å². The third-order valence-electron chi connectivity index (χ3n) is 2.95. The Hall–Kier alpha value is -1.75. The molecule has 1 aromatic heterocycles. The summed E-state index contributed by atoms with van der Waals surface area (Å²) in [6, 6.07) is 2.24. The molecule has 106 valence electrons. The molecule has 2 aromatic rings. The number of hydrogen-bond donors (Lipinski definition) is 1. The fourth-order valence-corrected chi connectivity index (χ4v) is 1.87. The lowest BCUT2D eigenvalue weighted by atomic mass is 10.2. The van der Waals surface area contributed by atoms with Gasteiger partial charge < -0.3 is 5.32 Å². The second-order valence-electron chi connectivity index (χ2n) is 4.46. The fraction of sp³-hybridized carbons (Fsp3) is 0.286. The van der Waals surface area contributed by atoms with Gasteiger partial charge in [-0.15, -0.1) is 0 Å². The average molecular weight is 298 g/mol. The zero-order valence-electron chi connectivity index (χ0n) is 11.4. The molecule has 0 aliphatic carbocycles. The van der Waals surface area contributed by atoms with E-state index in [0.29, 0.717) is 28.8 Å². The summed E-state index contributed by atoms with van der Waals surface area (Å²) in [6.07, 6.45) is 0.597. The summed E-state index contributed by atoms with van der Waals surface area (Å²) in [7, 11) is 0. The molecule has 1 heterocycles. The highest BCUT2D eigenvalue weighted by atomic mass is 35.5. The molecule has 0 radical (unpaired) electrons. The van der Waals surface area contributed by atoms with Crippen LogP contribution in [0.3, 0.4) is 0 Å². The fourth-order valence-electron chi connectivity index (χ4n) is 1.68. The summed E-state index contributed by atoms with van der Waals surface area (Å²) in [5, 5.41) is 3.07. The van der Waals surface area contributed by atoms with Crippen LogP contribution in [0, 0.1) is 25.5 Å². The number of halogens is 3. The van der Waals surface area contributed by atoms with E-state index < -0.39 is 11.6 Å². The van der Waals surface area contributed by atoms with Gasteiger partial charge in [0.05, 0.1) is 5.69 Å². The van der Waals surface area contributed by atoms with E-state index >= 15 is 0 Å². The predicted octanol–water partition coefficient (Wildman–Crippen LogP) is 4.33. The molecule has 0 saturated heterocycles. The quantitative estimate of drug-likeness (QED) is 0.857. The summed E-state index contributed by atoms with van der Waals surface area (Å²) in [4.78, 5) is 8.34. The Balaban J connectivity index is 2.44. The van der Waals surface area contributed by atoms with Gasteiger partial charge in [0.1, 0.15) is 28.4 Å². The van der Waals surface area contributed by atoms with Crippen molar-refractivity contribution in [1.82, 2.24) is 9.97 Å². The van der Waals surface area contributed by atoms with Crippen LogP contribution < -0.4 is 5.32 Å². The van der Waals surface area contributed by atoms with E-state index in [1.807, 2.05) is 6.92 Å². The van der Waals surface area contributed by atoms with E-state index in [4.69, 9.17) is 11.6 Å². The van der Waals surface area contributed by atoms with E-state index in [-0.39, 0.29) is 11.3 Å². The van der Waals surface area contributed by atoms with E-state index in [1.54, 1.807) is 6.92 Å². The SMILES string of the molecule is CCc1nc(Cl)c(C)c(Nc2cc(F)c(C)cc2F)n1. The normalized spacial score (nSPS) is 10.7. The summed E-state index contributed by atoms with van der Waals surface area (Å²) in [5.74, 6) is -0.112. The standard InChI is InChI=1S/C14H14ClF2N3/c1-4-12-19-13(15)8(3)14(20-12)18-11-6-9(16)7(2)5-10(11)17/h5-6H,4H2,1-3H3,(H,18,19,20). The number of aryl methyl sites for hydroxylation is 2. The summed E-state index contributed by atoms with van der Waals surface area (Å²) in [5.41, 5.74) is 0.858. The molecule has 0 atom stereocenters. The molecule has 0 saturated carbocycles. The van der Waals surface area contributed by atoms with Crippen molar-refractivity contribution in [1.29, 1.82) is 0 Å². The molecule has 0 unspecified atom stereocenters. The Morgan fingerprint density at radius 2 is 1.85 bits per heavy atom. The number of anilines is 2. The smallest absolute Gasteiger partial charge is 0.147 e. The zero-order valence-corrected chi connectivity index (χ0v) is 12.1. The van der Waals surface area contributed by atoms with Crippen LogP contribution >= 0.6 is 11.6 Å². The van der Waals surface area contributed by atoms with Crippen LogP contribution in [0.5, 0.6) is 0 Å². The van der Waals surface area contributed by atoms with E-state index in [9.17, 15) is 8.78 Å². The van der Waals surface area contributed by atoms with Gasteiger partial charge in [-0.2, -0.15) is 0 Å². The minimum absolute atomic E-state index is 0.0213. The number of rotatable bonds is 3. The second-order valence-corrected chi connectivity index (χ2v) is 4.82. The summed E-state index contributed by atoms with van der Waals surface area (Å²) < 4.78 is 27.3. The Labute approximate surface area is 121 Å². The van der Waals surface area contributed by atoms with Crippen LogP contribution in [0.2, 0.25) is 5.15 Å². The molecule has 3 nitrogen and oxygen atoms in total. The van der Waals surface area contributed by atoms with Crippen molar-refractivity contribution in [2.24, 2.45) is 0 Å². The molecule has 0 aliphatic heterocycles. The van der Waals surface area contributed by atoms with Gasteiger partial charge >= 0.3 is 0 Å². The number of nitrogens with zero attached hydrogens (tertiary/aromatic N) is 2. The van der Waals surface area contributed by atoms with E-state index in [2.05, 4.69) is 15.3 Å². The monoisotopic (exact) mass is 297 g/mol. The molecule has 2 rings (SSSR count). The minimum atomic E-state index is -0.545. The highest BCUT2D eigenvalue weighted by Gasteiger charge is 2.12. The number of benzene rings is 1. The molecule has 0 fully saturated rings. The lowest BCUT2D eigenvalue weighted by Crippen LogP contribution is -2.05. The maximum atomic E-state index is 13.8. The first-order valence-corrected chi connectivity index (χ1v) is 6.55. The molecule has 6 heteroatoms. The Morgan fingerprint density at radius 1 is 1.15 bits per heavy atom. The van der Waals surface area contributed by atoms with Gasteiger partial charge in [-0.05, 0) is 25.5 Å². The van der Waals surface area contributed by atoms with Gasteiger partial charge in [-0.3, -0.25) is 0 Å². The highest BCUT2D eigenvalue weighted by Crippen LogP contribution is 2.26. The largest absolute Gasteiger partial charge is 0.337 e. The van der Waals surface area contributed by atoms with Crippen molar-refractivity contribution in [3.05, 3.63) is 45.9 Å².